The fourth-order valence-corrected chi connectivity index (χ4v) is 2.66. The van der Waals surface area contributed by atoms with Gasteiger partial charge in [-0.05, 0) is 40.8 Å². The number of rotatable bonds is 3. The van der Waals surface area contributed by atoms with Crippen LogP contribution in [-0.4, -0.2) is 7.11 Å². The fourth-order valence-electron chi connectivity index (χ4n) is 2.66. The van der Waals surface area contributed by atoms with Gasteiger partial charge in [0.25, 0.3) is 0 Å². The minimum atomic E-state index is -0.655. The zero-order valence-electron chi connectivity index (χ0n) is 13.8. The Kier molecular flexibility index (Phi) is 4.09. The maximum Gasteiger partial charge on any atom is 0.354 e. The Morgan fingerprint density at radius 3 is 2.38 bits per heavy atom. The van der Waals surface area contributed by atoms with E-state index in [-0.39, 0.29) is 5.56 Å². The molecule has 0 aliphatic rings. The van der Waals surface area contributed by atoms with Crippen LogP contribution in [0.25, 0.3) is 22.1 Å². The highest BCUT2D eigenvalue weighted by Gasteiger charge is 2.12. The fraction of sp³-hybridized carbons (Fsp3) is 0.200. The van der Waals surface area contributed by atoms with E-state index in [2.05, 4.69) is 38.1 Å². The molecule has 1 aromatic heterocycles. The summed E-state index contributed by atoms with van der Waals surface area (Å²) in [4.78, 5) is 11.7. The number of benzene rings is 2. The van der Waals surface area contributed by atoms with E-state index in [1.165, 1.54) is 18.7 Å². The van der Waals surface area contributed by atoms with Gasteiger partial charge in [0, 0.05) is 5.39 Å². The highest BCUT2D eigenvalue weighted by Crippen LogP contribution is 2.32. The van der Waals surface area contributed by atoms with Crippen LogP contribution in [0.4, 0.5) is 0 Å². The Hall–Kier alpha value is -3.06. The number of fused-ring (bicyclic) bond motifs is 1. The predicted molar refractivity (Wildman–Crippen MR) is 93.3 cm³/mol. The molecule has 0 unspecified atom stereocenters. The summed E-state index contributed by atoms with van der Waals surface area (Å²) in [6.45, 7) is 4.30. The molecule has 0 saturated heterocycles. The second-order valence-electron chi connectivity index (χ2n) is 5.93. The molecule has 0 fully saturated rings. The monoisotopic (exact) mass is 319 g/mol. The SMILES string of the molecule is COc1cc(-c2ccc(C(C)C)cc2)cc2cc(C#N)c(=O)oc12. The van der Waals surface area contributed by atoms with Crippen LogP contribution in [0.2, 0.25) is 0 Å². The lowest BCUT2D eigenvalue weighted by atomic mass is 9.98. The molecule has 0 aliphatic heterocycles. The molecule has 4 nitrogen and oxygen atoms in total. The topological polar surface area (TPSA) is 63.2 Å². The molecule has 0 radical (unpaired) electrons. The molecule has 3 aromatic rings. The third-order valence-electron chi connectivity index (χ3n) is 4.05. The van der Waals surface area contributed by atoms with E-state index in [1.54, 1.807) is 0 Å². The van der Waals surface area contributed by atoms with Crippen molar-refractivity contribution in [2.45, 2.75) is 19.8 Å². The molecule has 0 bridgehead atoms. The lowest BCUT2D eigenvalue weighted by molar-refractivity contribution is 0.407. The molecule has 2 aromatic carbocycles. The van der Waals surface area contributed by atoms with Crippen LogP contribution in [0.5, 0.6) is 5.75 Å². The molecule has 0 aliphatic carbocycles. The second kappa shape index (κ2) is 6.21. The van der Waals surface area contributed by atoms with Crippen LogP contribution in [0.15, 0.2) is 51.7 Å². The lowest BCUT2D eigenvalue weighted by Gasteiger charge is -2.10. The average Bonchev–Trinajstić information content (AvgIpc) is 2.60. The molecular weight excluding hydrogens is 302 g/mol. The van der Waals surface area contributed by atoms with E-state index < -0.39 is 5.63 Å². The van der Waals surface area contributed by atoms with Crippen molar-refractivity contribution in [3.8, 4) is 22.9 Å². The third-order valence-corrected chi connectivity index (χ3v) is 4.05. The zero-order chi connectivity index (χ0) is 17.3. The highest BCUT2D eigenvalue weighted by atomic mass is 16.5. The summed E-state index contributed by atoms with van der Waals surface area (Å²) < 4.78 is 10.6. The van der Waals surface area contributed by atoms with Gasteiger partial charge in [-0.15, -0.1) is 0 Å². The van der Waals surface area contributed by atoms with E-state index in [4.69, 9.17) is 14.4 Å². The maximum atomic E-state index is 11.7. The molecule has 4 heteroatoms. The van der Waals surface area contributed by atoms with Gasteiger partial charge in [-0.25, -0.2) is 4.79 Å². The van der Waals surface area contributed by atoms with Crippen LogP contribution < -0.4 is 10.4 Å². The molecule has 0 N–H and O–H groups in total. The highest BCUT2D eigenvalue weighted by molar-refractivity contribution is 5.89. The van der Waals surface area contributed by atoms with E-state index in [0.717, 1.165) is 11.1 Å². The third kappa shape index (κ3) is 2.77. The molecule has 1 heterocycles. The van der Waals surface area contributed by atoms with E-state index >= 15 is 0 Å². The first-order valence-corrected chi connectivity index (χ1v) is 7.70. The number of nitrogens with zero attached hydrogens (tertiary/aromatic N) is 1. The predicted octanol–water partition coefficient (Wildman–Crippen LogP) is 4.46. The van der Waals surface area contributed by atoms with Gasteiger partial charge in [0.1, 0.15) is 11.6 Å². The van der Waals surface area contributed by atoms with E-state index in [1.807, 2.05) is 18.2 Å². The molecule has 24 heavy (non-hydrogen) atoms. The molecule has 0 spiro atoms. The Balaban J connectivity index is 2.20. The molecule has 0 saturated carbocycles. The standard InChI is InChI=1S/C20H17NO3/c1-12(2)13-4-6-14(7-5-13)15-8-16-9-17(11-21)20(22)24-19(16)18(10-15)23-3/h4-10,12H,1-3H3. The van der Waals surface area contributed by atoms with Crippen LogP contribution in [0.1, 0.15) is 30.9 Å². The summed E-state index contributed by atoms with van der Waals surface area (Å²) in [7, 11) is 1.53. The maximum absolute atomic E-state index is 11.7. The largest absolute Gasteiger partial charge is 0.493 e. The number of ether oxygens (including phenoxy) is 1. The summed E-state index contributed by atoms with van der Waals surface area (Å²) >= 11 is 0. The van der Waals surface area contributed by atoms with Crippen molar-refractivity contribution < 1.29 is 9.15 Å². The smallest absolute Gasteiger partial charge is 0.354 e. The number of nitriles is 1. The lowest BCUT2D eigenvalue weighted by Crippen LogP contribution is -2.03. The van der Waals surface area contributed by atoms with E-state index in [9.17, 15) is 4.79 Å². The Morgan fingerprint density at radius 2 is 1.79 bits per heavy atom. The molecule has 0 atom stereocenters. The van der Waals surface area contributed by atoms with Crippen molar-refractivity contribution in [3.63, 3.8) is 0 Å². The van der Waals surface area contributed by atoms with Crippen LogP contribution in [-0.2, 0) is 0 Å². The minimum Gasteiger partial charge on any atom is -0.493 e. The van der Waals surface area contributed by atoms with Gasteiger partial charge in [-0.1, -0.05) is 38.1 Å². The van der Waals surface area contributed by atoms with Gasteiger partial charge in [-0.2, -0.15) is 5.26 Å². The second-order valence-corrected chi connectivity index (χ2v) is 5.93. The van der Waals surface area contributed by atoms with Gasteiger partial charge in [0.2, 0.25) is 0 Å². The molecular formula is C20H17NO3. The molecule has 3 rings (SSSR count). The van der Waals surface area contributed by atoms with Crippen molar-refractivity contribution in [2.75, 3.05) is 7.11 Å². The molecule has 120 valence electrons. The van der Waals surface area contributed by atoms with Gasteiger partial charge < -0.3 is 9.15 Å². The average molecular weight is 319 g/mol. The van der Waals surface area contributed by atoms with E-state index in [0.29, 0.717) is 22.6 Å². The van der Waals surface area contributed by atoms with Crippen molar-refractivity contribution >= 4 is 11.0 Å². The number of hydrogen-bond donors (Lipinski definition) is 0. The Morgan fingerprint density at radius 1 is 1.08 bits per heavy atom. The quantitative estimate of drug-likeness (QED) is 0.668. The summed E-state index contributed by atoms with van der Waals surface area (Å²) in [5.41, 5.74) is 2.92. The van der Waals surface area contributed by atoms with Crippen molar-refractivity contribution in [1.29, 1.82) is 5.26 Å². The number of methoxy groups -OCH3 is 1. The molecule has 0 amide bonds. The van der Waals surface area contributed by atoms with Crippen molar-refractivity contribution in [3.05, 3.63) is 64.0 Å². The van der Waals surface area contributed by atoms with Crippen LogP contribution >= 0.6 is 0 Å². The van der Waals surface area contributed by atoms with Crippen LogP contribution in [0.3, 0.4) is 0 Å². The van der Waals surface area contributed by atoms with Gasteiger partial charge in [0.05, 0.1) is 7.11 Å². The first kappa shape index (κ1) is 15.8. The first-order chi connectivity index (χ1) is 11.5. The van der Waals surface area contributed by atoms with Crippen molar-refractivity contribution in [1.82, 2.24) is 0 Å². The minimum absolute atomic E-state index is 0.0168. The summed E-state index contributed by atoms with van der Waals surface area (Å²) in [6, 6.07) is 15.4. The van der Waals surface area contributed by atoms with Gasteiger partial charge in [-0.3, -0.25) is 0 Å². The van der Waals surface area contributed by atoms with Gasteiger partial charge in [0.15, 0.2) is 11.3 Å². The normalized spacial score (nSPS) is 10.8. The Bertz CT molecular complexity index is 992. The Labute approximate surface area is 139 Å². The van der Waals surface area contributed by atoms with Crippen molar-refractivity contribution in [2.24, 2.45) is 0 Å². The summed E-state index contributed by atoms with van der Waals surface area (Å²) in [6.07, 6.45) is 0. The van der Waals surface area contributed by atoms with Gasteiger partial charge >= 0.3 is 5.63 Å². The summed E-state index contributed by atoms with van der Waals surface area (Å²) in [5.74, 6) is 0.940. The first-order valence-electron chi connectivity index (χ1n) is 7.70. The van der Waals surface area contributed by atoms with Crippen LogP contribution in [0, 0.1) is 11.3 Å². The number of hydrogen-bond acceptors (Lipinski definition) is 4. The zero-order valence-corrected chi connectivity index (χ0v) is 13.8. The summed E-state index contributed by atoms with van der Waals surface area (Å²) in [5, 5.41) is 9.69.